The van der Waals surface area contributed by atoms with Crippen LogP contribution in [-0.4, -0.2) is 62.1 Å². The monoisotopic (exact) mass is 275 g/mol. The molecule has 0 aromatic carbocycles. The third-order valence-corrected chi connectivity index (χ3v) is 4.99. The molecule has 0 bridgehead atoms. The fraction of sp³-hybridized carbons (Fsp3) is 0.909. The number of carbonyl (C=O) groups is 1. The van der Waals surface area contributed by atoms with Gasteiger partial charge in [0.2, 0.25) is 15.9 Å². The van der Waals surface area contributed by atoms with Crippen LogP contribution < -0.4 is 5.14 Å². The maximum Gasteiger partial charge on any atom is 0.224 e. The lowest BCUT2D eigenvalue weighted by Crippen LogP contribution is -2.33. The first-order valence-corrected chi connectivity index (χ1v) is 8.09. The van der Waals surface area contributed by atoms with Gasteiger partial charge in [-0.05, 0) is 38.9 Å². The number of hydrogen-bond acceptors (Lipinski definition) is 4. The van der Waals surface area contributed by atoms with Gasteiger partial charge < -0.3 is 9.80 Å². The van der Waals surface area contributed by atoms with Crippen molar-refractivity contribution in [2.24, 2.45) is 5.14 Å². The van der Waals surface area contributed by atoms with Crippen LogP contribution in [0, 0.1) is 0 Å². The van der Waals surface area contributed by atoms with Crippen LogP contribution in [0.4, 0.5) is 0 Å². The highest BCUT2D eigenvalue weighted by Gasteiger charge is 2.35. The van der Waals surface area contributed by atoms with Gasteiger partial charge in [0.05, 0.1) is 0 Å². The Kier molecular flexibility index (Phi) is 4.24. The lowest BCUT2D eigenvalue weighted by Gasteiger charge is -2.19. The van der Waals surface area contributed by atoms with Crippen LogP contribution >= 0.6 is 0 Å². The zero-order valence-electron chi connectivity index (χ0n) is 10.5. The molecule has 2 aliphatic rings. The Hall–Kier alpha value is -0.660. The SMILES string of the molecule is NS(=O)(=O)C1CC(=O)N(CCCN2CCCC2)C1. The second-order valence-corrected chi connectivity index (χ2v) is 7.00. The van der Waals surface area contributed by atoms with Gasteiger partial charge >= 0.3 is 0 Å². The topological polar surface area (TPSA) is 83.7 Å². The first-order chi connectivity index (χ1) is 8.47. The van der Waals surface area contributed by atoms with Gasteiger partial charge in [-0.15, -0.1) is 0 Å². The highest BCUT2D eigenvalue weighted by atomic mass is 32.2. The minimum atomic E-state index is -3.58. The zero-order chi connectivity index (χ0) is 13.2. The van der Waals surface area contributed by atoms with Gasteiger partial charge in [0.1, 0.15) is 5.25 Å². The number of carbonyl (C=O) groups excluding carboxylic acids is 1. The van der Waals surface area contributed by atoms with Crippen molar-refractivity contribution in [3.05, 3.63) is 0 Å². The molecule has 1 amide bonds. The molecule has 0 radical (unpaired) electrons. The molecule has 6 nitrogen and oxygen atoms in total. The summed E-state index contributed by atoms with van der Waals surface area (Å²) in [5, 5.41) is 4.37. The largest absolute Gasteiger partial charge is 0.341 e. The van der Waals surface area contributed by atoms with E-state index in [0.29, 0.717) is 6.54 Å². The Morgan fingerprint density at radius 3 is 2.44 bits per heavy atom. The van der Waals surface area contributed by atoms with Crippen LogP contribution in [0.3, 0.4) is 0 Å². The number of nitrogens with zero attached hydrogens (tertiary/aromatic N) is 2. The summed E-state index contributed by atoms with van der Waals surface area (Å²) in [7, 11) is -3.58. The predicted octanol–water partition coefficient (Wildman–Crippen LogP) is -0.638. The third-order valence-electron chi connectivity index (χ3n) is 3.74. The van der Waals surface area contributed by atoms with E-state index < -0.39 is 15.3 Å². The molecule has 2 fully saturated rings. The van der Waals surface area contributed by atoms with E-state index in [2.05, 4.69) is 4.90 Å². The normalized spacial score (nSPS) is 26.2. The van der Waals surface area contributed by atoms with Crippen LogP contribution in [0.25, 0.3) is 0 Å². The average Bonchev–Trinajstić information content (AvgIpc) is 2.88. The van der Waals surface area contributed by atoms with Crippen molar-refractivity contribution in [3.8, 4) is 0 Å². The second kappa shape index (κ2) is 5.54. The summed E-state index contributed by atoms with van der Waals surface area (Å²) in [5.41, 5.74) is 0. The molecule has 7 heteroatoms. The van der Waals surface area contributed by atoms with Crippen molar-refractivity contribution in [2.75, 3.05) is 32.7 Å². The Morgan fingerprint density at radius 1 is 1.22 bits per heavy atom. The van der Waals surface area contributed by atoms with Crippen molar-refractivity contribution in [2.45, 2.75) is 30.9 Å². The van der Waals surface area contributed by atoms with E-state index in [-0.39, 0.29) is 18.9 Å². The standard InChI is InChI=1S/C11H21N3O3S/c12-18(16,17)10-8-11(15)14(9-10)7-3-6-13-4-1-2-5-13/h10H,1-9H2,(H2,12,16,17). The fourth-order valence-corrected chi connectivity index (χ4v) is 3.43. The van der Waals surface area contributed by atoms with Crippen LogP contribution in [0.2, 0.25) is 0 Å². The van der Waals surface area contributed by atoms with Crippen molar-refractivity contribution in [1.82, 2.24) is 9.80 Å². The summed E-state index contributed by atoms with van der Waals surface area (Å²) >= 11 is 0. The van der Waals surface area contributed by atoms with Gasteiger partial charge in [-0.2, -0.15) is 0 Å². The number of hydrogen-bond donors (Lipinski definition) is 1. The van der Waals surface area contributed by atoms with Crippen LogP contribution in [0.15, 0.2) is 0 Å². The molecule has 18 heavy (non-hydrogen) atoms. The summed E-state index contributed by atoms with van der Waals surface area (Å²) in [5.74, 6) is -0.0875. The average molecular weight is 275 g/mol. The van der Waals surface area contributed by atoms with E-state index in [0.717, 1.165) is 26.1 Å². The van der Waals surface area contributed by atoms with Gasteiger partial charge in [-0.1, -0.05) is 0 Å². The van der Waals surface area contributed by atoms with Crippen LogP contribution in [-0.2, 0) is 14.8 Å². The Morgan fingerprint density at radius 2 is 1.89 bits per heavy atom. The molecule has 2 rings (SSSR count). The molecule has 2 aliphatic heterocycles. The number of nitrogens with two attached hydrogens (primary N) is 1. The summed E-state index contributed by atoms with van der Waals surface area (Å²) < 4.78 is 22.4. The first-order valence-electron chi connectivity index (χ1n) is 6.48. The Bertz CT molecular complexity index is 404. The highest BCUT2D eigenvalue weighted by Crippen LogP contribution is 2.17. The molecule has 2 N–H and O–H groups in total. The second-order valence-electron chi connectivity index (χ2n) is 5.16. The molecule has 0 spiro atoms. The molecule has 0 aromatic heterocycles. The van der Waals surface area contributed by atoms with Gasteiger partial charge in [-0.25, -0.2) is 13.6 Å². The van der Waals surface area contributed by atoms with E-state index in [1.165, 1.54) is 12.8 Å². The molecular formula is C11H21N3O3S. The first kappa shape index (κ1) is 13.8. The summed E-state index contributed by atoms with van der Waals surface area (Å²) in [4.78, 5) is 15.7. The van der Waals surface area contributed by atoms with Gasteiger partial charge in [0.15, 0.2) is 0 Å². The van der Waals surface area contributed by atoms with Crippen molar-refractivity contribution in [1.29, 1.82) is 0 Å². The van der Waals surface area contributed by atoms with Gasteiger partial charge in [-0.3, -0.25) is 4.79 Å². The number of rotatable bonds is 5. The Labute approximate surface area is 108 Å². The minimum absolute atomic E-state index is 0.0442. The molecule has 104 valence electrons. The van der Waals surface area contributed by atoms with E-state index >= 15 is 0 Å². The maximum absolute atomic E-state index is 11.7. The van der Waals surface area contributed by atoms with E-state index in [9.17, 15) is 13.2 Å². The van der Waals surface area contributed by atoms with E-state index in [1.807, 2.05) is 0 Å². The Balaban J connectivity index is 1.74. The summed E-state index contributed by atoms with van der Waals surface area (Å²) in [6.45, 7) is 4.18. The number of amides is 1. The van der Waals surface area contributed by atoms with E-state index in [1.54, 1.807) is 4.90 Å². The fourth-order valence-electron chi connectivity index (χ4n) is 2.66. The van der Waals surface area contributed by atoms with E-state index in [4.69, 9.17) is 5.14 Å². The number of primary sulfonamides is 1. The van der Waals surface area contributed by atoms with Crippen LogP contribution in [0.5, 0.6) is 0 Å². The number of likely N-dealkylation sites (tertiary alicyclic amines) is 2. The van der Waals surface area contributed by atoms with Gasteiger partial charge in [0.25, 0.3) is 0 Å². The molecule has 0 aromatic rings. The highest BCUT2D eigenvalue weighted by molar-refractivity contribution is 7.89. The molecule has 2 saturated heterocycles. The predicted molar refractivity (Wildman–Crippen MR) is 68.4 cm³/mol. The minimum Gasteiger partial charge on any atom is -0.341 e. The van der Waals surface area contributed by atoms with Gasteiger partial charge in [0, 0.05) is 19.5 Å². The van der Waals surface area contributed by atoms with Crippen molar-refractivity contribution in [3.63, 3.8) is 0 Å². The summed E-state index contributed by atoms with van der Waals surface area (Å²) in [6.07, 6.45) is 3.47. The van der Waals surface area contributed by atoms with Crippen molar-refractivity contribution >= 4 is 15.9 Å². The molecule has 1 unspecified atom stereocenters. The lowest BCUT2D eigenvalue weighted by atomic mass is 10.3. The molecule has 0 aliphatic carbocycles. The molecule has 0 saturated carbocycles. The quantitative estimate of drug-likeness (QED) is 0.723. The molecular weight excluding hydrogens is 254 g/mol. The number of sulfonamides is 1. The smallest absolute Gasteiger partial charge is 0.224 e. The lowest BCUT2D eigenvalue weighted by molar-refractivity contribution is -0.127. The summed E-state index contributed by atoms with van der Waals surface area (Å²) in [6, 6.07) is 0. The molecule has 1 atom stereocenters. The molecule has 2 heterocycles. The van der Waals surface area contributed by atoms with Crippen molar-refractivity contribution < 1.29 is 13.2 Å². The van der Waals surface area contributed by atoms with Crippen LogP contribution in [0.1, 0.15) is 25.7 Å². The maximum atomic E-state index is 11.7. The zero-order valence-corrected chi connectivity index (χ0v) is 11.4. The third kappa shape index (κ3) is 3.43.